The van der Waals surface area contributed by atoms with Gasteiger partial charge in [0.2, 0.25) is 0 Å². The highest BCUT2D eigenvalue weighted by molar-refractivity contribution is 5.81. The highest BCUT2D eigenvalue weighted by Crippen LogP contribution is 2.24. The van der Waals surface area contributed by atoms with E-state index in [0.717, 1.165) is 5.56 Å². The zero-order valence-corrected chi connectivity index (χ0v) is 15.9. The Bertz CT molecular complexity index is 671. The van der Waals surface area contributed by atoms with E-state index in [-0.39, 0.29) is 17.4 Å². The Morgan fingerprint density at radius 3 is 2.16 bits per heavy atom. The van der Waals surface area contributed by atoms with Crippen LogP contribution in [0.3, 0.4) is 0 Å². The van der Waals surface area contributed by atoms with Crippen molar-refractivity contribution in [2.45, 2.75) is 58.6 Å². The Morgan fingerprint density at radius 2 is 1.64 bits per heavy atom. The molecule has 1 amide bonds. The Balaban J connectivity index is 2.00. The minimum atomic E-state index is -0.487. The Kier molecular flexibility index (Phi) is 6.24. The molecule has 0 aliphatic carbocycles. The summed E-state index contributed by atoms with van der Waals surface area (Å²) in [6.07, 6.45) is 0.134. The molecule has 3 nitrogen and oxygen atoms in total. The van der Waals surface area contributed by atoms with Gasteiger partial charge in [0.15, 0.2) is 6.10 Å². The van der Waals surface area contributed by atoms with Crippen molar-refractivity contribution in [3.05, 3.63) is 65.7 Å². The summed E-state index contributed by atoms with van der Waals surface area (Å²) in [5, 5.41) is 3.06. The molecular formula is C22H29NO2. The third-order valence-corrected chi connectivity index (χ3v) is 4.32. The van der Waals surface area contributed by atoms with Gasteiger partial charge in [-0.15, -0.1) is 0 Å². The minimum absolute atomic E-state index is 0.0602. The van der Waals surface area contributed by atoms with E-state index in [1.54, 1.807) is 0 Å². The van der Waals surface area contributed by atoms with E-state index >= 15 is 0 Å². The van der Waals surface area contributed by atoms with E-state index < -0.39 is 6.10 Å². The first kappa shape index (κ1) is 19.0. The lowest BCUT2D eigenvalue weighted by molar-refractivity contribution is -0.128. The molecule has 0 bridgehead atoms. The fourth-order valence-electron chi connectivity index (χ4n) is 2.65. The Hall–Kier alpha value is -2.29. The van der Waals surface area contributed by atoms with Crippen molar-refractivity contribution in [1.29, 1.82) is 0 Å². The minimum Gasteiger partial charge on any atom is -0.481 e. The monoisotopic (exact) mass is 339 g/mol. The Labute approximate surface area is 151 Å². The predicted octanol–water partition coefficient (Wildman–Crippen LogP) is 5.02. The van der Waals surface area contributed by atoms with Crippen molar-refractivity contribution in [3.8, 4) is 5.75 Å². The maximum absolute atomic E-state index is 12.6. The van der Waals surface area contributed by atoms with Crippen LogP contribution in [0.15, 0.2) is 54.6 Å². The van der Waals surface area contributed by atoms with Crippen LogP contribution in [-0.4, -0.2) is 12.0 Å². The highest BCUT2D eigenvalue weighted by atomic mass is 16.5. The quantitative estimate of drug-likeness (QED) is 0.802. The van der Waals surface area contributed by atoms with Crippen molar-refractivity contribution < 1.29 is 9.53 Å². The number of carbonyl (C=O) groups excluding carboxylic acids is 1. The van der Waals surface area contributed by atoms with Gasteiger partial charge >= 0.3 is 0 Å². The second kappa shape index (κ2) is 8.19. The lowest BCUT2D eigenvalue weighted by Gasteiger charge is -2.22. The lowest BCUT2D eigenvalue weighted by Crippen LogP contribution is -2.39. The number of rotatable bonds is 6. The Morgan fingerprint density at radius 1 is 1.04 bits per heavy atom. The van der Waals surface area contributed by atoms with Crippen molar-refractivity contribution in [1.82, 2.24) is 5.32 Å². The van der Waals surface area contributed by atoms with Gasteiger partial charge in [0.25, 0.3) is 5.91 Å². The molecule has 134 valence electrons. The van der Waals surface area contributed by atoms with Gasteiger partial charge in [-0.3, -0.25) is 4.79 Å². The maximum Gasteiger partial charge on any atom is 0.261 e. The van der Waals surface area contributed by atoms with Crippen LogP contribution in [0, 0.1) is 0 Å². The highest BCUT2D eigenvalue weighted by Gasteiger charge is 2.21. The molecule has 0 radical (unpaired) electrons. The second-order valence-corrected chi connectivity index (χ2v) is 7.43. The van der Waals surface area contributed by atoms with Crippen LogP contribution < -0.4 is 10.1 Å². The molecule has 1 N–H and O–H groups in total. The molecule has 0 aromatic heterocycles. The van der Waals surface area contributed by atoms with Crippen molar-refractivity contribution >= 4 is 5.91 Å². The molecule has 2 aromatic rings. The summed E-state index contributed by atoms with van der Waals surface area (Å²) in [6.45, 7) is 10.5. The second-order valence-electron chi connectivity index (χ2n) is 7.43. The van der Waals surface area contributed by atoms with Crippen LogP contribution in [0.5, 0.6) is 5.75 Å². The van der Waals surface area contributed by atoms with Gasteiger partial charge < -0.3 is 10.1 Å². The summed E-state index contributed by atoms with van der Waals surface area (Å²) in [6, 6.07) is 17.8. The van der Waals surface area contributed by atoms with E-state index in [1.807, 2.05) is 44.2 Å². The molecule has 0 fully saturated rings. The summed E-state index contributed by atoms with van der Waals surface area (Å²) in [7, 11) is 0. The van der Waals surface area contributed by atoms with E-state index in [4.69, 9.17) is 4.74 Å². The van der Waals surface area contributed by atoms with Crippen LogP contribution in [-0.2, 0) is 10.2 Å². The van der Waals surface area contributed by atoms with Crippen LogP contribution in [0.2, 0.25) is 0 Å². The van der Waals surface area contributed by atoms with E-state index in [9.17, 15) is 4.79 Å². The molecule has 25 heavy (non-hydrogen) atoms. The topological polar surface area (TPSA) is 38.3 Å². The van der Waals surface area contributed by atoms with Gasteiger partial charge in [-0.1, -0.05) is 70.2 Å². The average molecular weight is 339 g/mol. The summed E-state index contributed by atoms with van der Waals surface area (Å²) in [5.74, 6) is 0.630. The molecule has 2 rings (SSSR count). The fourth-order valence-corrected chi connectivity index (χ4v) is 2.65. The molecule has 0 saturated heterocycles. The molecule has 0 spiro atoms. The SMILES string of the molecule is CC[C@H](Oc1ccccc1)C(=O)N[C@@H](C)c1ccc(C(C)(C)C)cc1. The standard InChI is InChI=1S/C22H29NO2/c1-6-20(25-19-10-8-7-9-11-19)21(24)23-16(2)17-12-14-18(15-13-17)22(3,4)5/h7-16,20H,6H2,1-5H3,(H,23,24)/t16-,20-/m0/s1. The largest absolute Gasteiger partial charge is 0.481 e. The van der Waals surface area contributed by atoms with Gasteiger partial charge in [0.05, 0.1) is 6.04 Å². The van der Waals surface area contributed by atoms with Gasteiger partial charge in [0.1, 0.15) is 5.75 Å². The first-order valence-corrected chi connectivity index (χ1v) is 8.93. The zero-order valence-electron chi connectivity index (χ0n) is 15.9. The molecule has 0 saturated carbocycles. The first-order chi connectivity index (χ1) is 11.8. The van der Waals surface area contributed by atoms with Crippen molar-refractivity contribution in [3.63, 3.8) is 0 Å². The smallest absolute Gasteiger partial charge is 0.261 e. The molecule has 2 atom stereocenters. The molecule has 0 aliphatic heterocycles. The molecule has 0 unspecified atom stereocenters. The van der Waals surface area contributed by atoms with Crippen LogP contribution in [0.1, 0.15) is 58.2 Å². The van der Waals surface area contributed by atoms with Crippen molar-refractivity contribution in [2.24, 2.45) is 0 Å². The number of hydrogen-bond donors (Lipinski definition) is 1. The predicted molar refractivity (Wildman–Crippen MR) is 103 cm³/mol. The molecule has 0 heterocycles. The number of ether oxygens (including phenoxy) is 1. The van der Waals surface area contributed by atoms with E-state index in [1.165, 1.54) is 5.56 Å². The molecule has 0 aliphatic rings. The van der Waals surface area contributed by atoms with Gasteiger partial charge in [0, 0.05) is 0 Å². The molecular weight excluding hydrogens is 310 g/mol. The van der Waals surface area contributed by atoms with Crippen molar-refractivity contribution in [2.75, 3.05) is 0 Å². The van der Waals surface area contributed by atoms with E-state index in [2.05, 4.69) is 50.4 Å². The van der Waals surface area contributed by atoms with Gasteiger partial charge in [-0.05, 0) is 42.0 Å². The van der Waals surface area contributed by atoms with Crippen LogP contribution >= 0.6 is 0 Å². The number of carbonyl (C=O) groups is 1. The van der Waals surface area contributed by atoms with Crippen LogP contribution in [0.25, 0.3) is 0 Å². The fraction of sp³-hybridized carbons (Fsp3) is 0.409. The molecule has 3 heteroatoms. The lowest BCUT2D eigenvalue weighted by atomic mass is 9.86. The maximum atomic E-state index is 12.6. The van der Waals surface area contributed by atoms with E-state index in [0.29, 0.717) is 12.2 Å². The van der Waals surface area contributed by atoms with Crippen LogP contribution in [0.4, 0.5) is 0 Å². The number of hydrogen-bond acceptors (Lipinski definition) is 2. The molecule has 2 aromatic carbocycles. The summed E-state index contributed by atoms with van der Waals surface area (Å²) in [5.41, 5.74) is 2.51. The normalized spacial score (nSPS) is 13.8. The summed E-state index contributed by atoms with van der Waals surface area (Å²) < 4.78 is 5.81. The summed E-state index contributed by atoms with van der Waals surface area (Å²) in [4.78, 5) is 12.6. The number of nitrogens with one attached hydrogen (secondary N) is 1. The first-order valence-electron chi connectivity index (χ1n) is 8.93. The number of amides is 1. The van der Waals surface area contributed by atoms with Gasteiger partial charge in [-0.25, -0.2) is 0 Å². The third kappa shape index (κ3) is 5.35. The third-order valence-electron chi connectivity index (χ3n) is 4.32. The average Bonchev–Trinajstić information content (AvgIpc) is 2.59. The zero-order chi connectivity index (χ0) is 18.4. The van der Waals surface area contributed by atoms with Gasteiger partial charge in [-0.2, -0.15) is 0 Å². The number of benzene rings is 2. The summed E-state index contributed by atoms with van der Waals surface area (Å²) >= 11 is 0. The number of para-hydroxylation sites is 1.